The Labute approximate surface area is 88.7 Å². The predicted molar refractivity (Wildman–Crippen MR) is 55.8 cm³/mol. The monoisotopic (exact) mass is 209 g/mol. The van der Waals surface area contributed by atoms with Crippen molar-refractivity contribution in [3.8, 4) is 6.07 Å². The number of pyridine rings is 1. The van der Waals surface area contributed by atoms with E-state index in [-0.39, 0.29) is 6.04 Å². The van der Waals surface area contributed by atoms with Crippen molar-refractivity contribution in [2.45, 2.75) is 25.9 Å². The number of nitrogens with zero attached hydrogens (tertiary/aromatic N) is 2. The smallest absolute Gasteiger partial charge is 0.133 e. The molecule has 1 unspecified atom stereocenters. The number of nitrogens with one attached hydrogen (secondary N) is 1. The summed E-state index contributed by atoms with van der Waals surface area (Å²) in [5.41, 5.74) is 0.957. The summed E-state index contributed by atoms with van der Waals surface area (Å²) in [6.45, 7) is 2.61. The molecule has 0 bridgehead atoms. The number of aromatic nitrogens is 1. The van der Waals surface area contributed by atoms with Gasteiger partial charge in [0.1, 0.15) is 5.15 Å². The summed E-state index contributed by atoms with van der Waals surface area (Å²) in [7, 11) is 0. The number of hydrogen-bond acceptors (Lipinski definition) is 3. The van der Waals surface area contributed by atoms with Gasteiger partial charge in [0.25, 0.3) is 0 Å². The summed E-state index contributed by atoms with van der Waals surface area (Å²) < 4.78 is 0. The molecule has 0 radical (unpaired) electrons. The van der Waals surface area contributed by atoms with Crippen molar-refractivity contribution in [3.05, 3.63) is 29.0 Å². The van der Waals surface area contributed by atoms with Gasteiger partial charge >= 0.3 is 0 Å². The summed E-state index contributed by atoms with van der Waals surface area (Å²) in [4.78, 5) is 3.96. The summed E-state index contributed by atoms with van der Waals surface area (Å²) in [5.74, 6) is 0. The maximum Gasteiger partial charge on any atom is 0.133 e. The van der Waals surface area contributed by atoms with Crippen LogP contribution in [0.1, 0.15) is 18.9 Å². The average molecular weight is 210 g/mol. The second-order valence-corrected chi connectivity index (χ2v) is 3.46. The molecule has 0 spiro atoms. The Bertz CT molecular complexity index is 332. The van der Waals surface area contributed by atoms with E-state index in [0.717, 1.165) is 5.56 Å². The fraction of sp³-hybridized carbons (Fsp3) is 0.400. The lowest BCUT2D eigenvalue weighted by molar-refractivity contribution is 0.557. The molecule has 0 aliphatic carbocycles. The first-order valence-electron chi connectivity index (χ1n) is 4.43. The van der Waals surface area contributed by atoms with Gasteiger partial charge in [-0.3, -0.25) is 0 Å². The quantitative estimate of drug-likeness (QED) is 0.773. The fourth-order valence-corrected chi connectivity index (χ4v) is 1.23. The highest BCUT2D eigenvalue weighted by Gasteiger charge is 2.03. The lowest BCUT2D eigenvalue weighted by atomic mass is 10.2. The molecule has 0 aliphatic heterocycles. The number of hydrogen-bond donors (Lipinski definition) is 1. The highest BCUT2D eigenvalue weighted by atomic mass is 35.5. The van der Waals surface area contributed by atoms with E-state index >= 15 is 0 Å². The van der Waals surface area contributed by atoms with Crippen LogP contribution in [0.5, 0.6) is 0 Å². The maximum absolute atomic E-state index is 8.46. The van der Waals surface area contributed by atoms with Crippen molar-refractivity contribution in [1.82, 2.24) is 10.3 Å². The molecule has 0 saturated heterocycles. The van der Waals surface area contributed by atoms with Crippen LogP contribution in [0.4, 0.5) is 0 Å². The van der Waals surface area contributed by atoms with Crippen LogP contribution in [0, 0.1) is 11.3 Å². The summed E-state index contributed by atoms with van der Waals surface area (Å²) in [6.07, 6.45) is 2.16. The van der Waals surface area contributed by atoms with Crippen LogP contribution in [0.25, 0.3) is 0 Å². The summed E-state index contributed by atoms with van der Waals surface area (Å²) in [5, 5.41) is 12.2. The van der Waals surface area contributed by atoms with Crippen molar-refractivity contribution in [3.63, 3.8) is 0 Å². The van der Waals surface area contributed by atoms with Gasteiger partial charge in [-0.15, -0.1) is 0 Å². The van der Waals surface area contributed by atoms with E-state index in [1.807, 2.05) is 19.1 Å². The third-order valence-corrected chi connectivity index (χ3v) is 2.22. The second kappa shape index (κ2) is 5.58. The first-order valence-corrected chi connectivity index (χ1v) is 4.81. The Morgan fingerprint density at radius 3 is 3.14 bits per heavy atom. The van der Waals surface area contributed by atoms with Gasteiger partial charge in [-0.2, -0.15) is 5.26 Å². The minimum atomic E-state index is 0.177. The zero-order valence-corrected chi connectivity index (χ0v) is 8.75. The standard InChI is InChI=1S/C10H12ClN3/c1-8(4-5-12)14-7-9-3-2-6-13-10(9)11/h2-3,6,8,14H,4,7H2,1H3. The van der Waals surface area contributed by atoms with Crippen molar-refractivity contribution in [2.75, 3.05) is 0 Å². The van der Waals surface area contributed by atoms with Crippen molar-refractivity contribution < 1.29 is 0 Å². The maximum atomic E-state index is 8.46. The predicted octanol–water partition coefficient (Wildman–Crippen LogP) is 2.13. The lowest BCUT2D eigenvalue weighted by Gasteiger charge is -2.10. The van der Waals surface area contributed by atoms with Gasteiger partial charge < -0.3 is 5.32 Å². The molecular formula is C10H12ClN3. The molecule has 1 atom stereocenters. The normalized spacial score (nSPS) is 12.1. The van der Waals surface area contributed by atoms with Crippen LogP contribution in [0.2, 0.25) is 5.15 Å². The van der Waals surface area contributed by atoms with Gasteiger partial charge in [0.05, 0.1) is 12.5 Å². The zero-order valence-electron chi connectivity index (χ0n) is 8.00. The van der Waals surface area contributed by atoms with E-state index in [1.54, 1.807) is 6.20 Å². The van der Waals surface area contributed by atoms with Crippen LogP contribution in [-0.4, -0.2) is 11.0 Å². The van der Waals surface area contributed by atoms with E-state index in [0.29, 0.717) is 18.1 Å². The molecule has 14 heavy (non-hydrogen) atoms. The number of halogens is 1. The zero-order chi connectivity index (χ0) is 10.4. The second-order valence-electron chi connectivity index (χ2n) is 3.10. The molecular weight excluding hydrogens is 198 g/mol. The Kier molecular flexibility index (Phi) is 4.37. The first kappa shape index (κ1) is 11.0. The fourth-order valence-electron chi connectivity index (χ4n) is 1.04. The minimum absolute atomic E-state index is 0.177. The Morgan fingerprint density at radius 1 is 1.71 bits per heavy atom. The molecule has 1 N–H and O–H groups in total. The molecule has 1 rings (SSSR count). The van der Waals surface area contributed by atoms with E-state index in [9.17, 15) is 0 Å². The Balaban J connectivity index is 2.46. The molecule has 74 valence electrons. The molecule has 1 aromatic heterocycles. The number of nitriles is 1. The van der Waals surface area contributed by atoms with Gasteiger partial charge in [-0.05, 0) is 13.0 Å². The molecule has 0 amide bonds. The van der Waals surface area contributed by atoms with Crippen LogP contribution in [0.15, 0.2) is 18.3 Å². The first-order chi connectivity index (χ1) is 6.74. The summed E-state index contributed by atoms with van der Waals surface area (Å²) >= 11 is 5.87. The van der Waals surface area contributed by atoms with Gasteiger partial charge in [0.15, 0.2) is 0 Å². The van der Waals surface area contributed by atoms with Crippen molar-refractivity contribution in [2.24, 2.45) is 0 Å². The highest BCUT2D eigenvalue weighted by molar-refractivity contribution is 6.30. The van der Waals surface area contributed by atoms with Crippen LogP contribution < -0.4 is 5.32 Å². The molecule has 0 aliphatic rings. The summed E-state index contributed by atoms with van der Waals surface area (Å²) in [6, 6.07) is 6.05. The molecule has 3 nitrogen and oxygen atoms in total. The van der Waals surface area contributed by atoms with Gasteiger partial charge in [-0.25, -0.2) is 4.98 Å². The molecule has 0 aromatic carbocycles. The van der Waals surface area contributed by atoms with Crippen molar-refractivity contribution >= 4 is 11.6 Å². The number of rotatable bonds is 4. The van der Waals surface area contributed by atoms with Gasteiger partial charge in [-0.1, -0.05) is 17.7 Å². The third-order valence-electron chi connectivity index (χ3n) is 1.87. The van der Waals surface area contributed by atoms with E-state index in [4.69, 9.17) is 16.9 Å². The highest BCUT2D eigenvalue weighted by Crippen LogP contribution is 2.11. The molecule has 4 heteroatoms. The van der Waals surface area contributed by atoms with E-state index in [2.05, 4.69) is 16.4 Å². The minimum Gasteiger partial charge on any atom is -0.309 e. The van der Waals surface area contributed by atoms with E-state index in [1.165, 1.54) is 0 Å². The van der Waals surface area contributed by atoms with E-state index < -0.39 is 0 Å². The molecule has 1 heterocycles. The molecule has 1 aromatic rings. The molecule has 0 saturated carbocycles. The Morgan fingerprint density at radius 2 is 2.50 bits per heavy atom. The lowest BCUT2D eigenvalue weighted by Crippen LogP contribution is -2.25. The van der Waals surface area contributed by atoms with Gasteiger partial charge in [0, 0.05) is 24.3 Å². The SMILES string of the molecule is CC(CC#N)NCc1cccnc1Cl. The third kappa shape index (κ3) is 3.33. The van der Waals surface area contributed by atoms with Crippen LogP contribution in [0.3, 0.4) is 0 Å². The molecule has 0 fully saturated rings. The van der Waals surface area contributed by atoms with Gasteiger partial charge in [0.2, 0.25) is 0 Å². The average Bonchev–Trinajstić information content (AvgIpc) is 2.17. The Hall–Kier alpha value is -1.11. The van der Waals surface area contributed by atoms with Crippen molar-refractivity contribution in [1.29, 1.82) is 5.26 Å². The van der Waals surface area contributed by atoms with Crippen LogP contribution >= 0.6 is 11.6 Å². The largest absolute Gasteiger partial charge is 0.309 e. The van der Waals surface area contributed by atoms with Crippen LogP contribution in [-0.2, 0) is 6.54 Å². The topological polar surface area (TPSA) is 48.7 Å².